The van der Waals surface area contributed by atoms with Gasteiger partial charge in [-0.2, -0.15) is 0 Å². The van der Waals surface area contributed by atoms with Crippen molar-refractivity contribution < 1.29 is 9.53 Å². The van der Waals surface area contributed by atoms with Crippen LogP contribution in [0.2, 0.25) is 0 Å². The smallest absolute Gasteiger partial charge is 0.119 e. The summed E-state index contributed by atoms with van der Waals surface area (Å²) in [6.07, 6.45) is 12.2. The number of pyridine rings is 1. The molecule has 0 atom stereocenters. The number of hydrazine groups is 1. The van der Waals surface area contributed by atoms with Crippen LogP contribution in [0, 0.1) is 12.3 Å². The second kappa shape index (κ2) is 17.2. The van der Waals surface area contributed by atoms with E-state index >= 15 is 0 Å². The molecule has 0 saturated heterocycles. The van der Waals surface area contributed by atoms with Crippen LogP contribution in [0.1, 0.15) is 88.6 Å². The minimum absolute atomic E-state index is 0.0122. The lowest BCUT2D eigenvalue weighted by atomic mass is 9.84. The molecule has 44 heavy (non-hydrogen) atoms. The molecule has 0 saturated carbocycles. The third kappa shape index (κ3) is 8.87. The van der Waals surface area contributed by atoms with E-state index in [0.29, 0.717) is 13.0 Å². The van der Waals surface area contributed by atoms with Gasteiger partial charge >= 0.3 is 0 Å². The van der Waals surface area contributed by atoms with Crippen molar-refractivity contribution >= 4 is 17.2 Å². The summed E-state index contributed by atoms with van der Waals surface area (Å²) in [5, 5.41) is 1.33. The molecular formula is C38H54N4O2. The highest BCUT2D eigenvalue weighted by molar-refractivity contribution is 5.95. The standard InChI is InChI=1S/C38H50N2O2.H4N2/c1-7-15-35-32(17-14-20-39-35)37-34(26-38(4,5)27-42-6)33-25-30(18-19-36(33)40(37)8-2)31-23-28(3)22-29(24-31)16-12-10-9-11-13-21-41;1-2/h14,17-25H,7-13,15-16,26-27H2,1-6H3;1-2H2. The molecule has 4 N–H and O–H groups in total. The Kier molecular flexibility index (Phi) is 13.8. The van der Waals surface area contributed by atoms with Gasteiger partial charge in [0.15, 0.2) is 0 Å². The third-order valence-corrected chi connectivity index (χ3v) is 8.31. The first-order valence-electron chi connectivity index (χ1n) is 16.3. The monoisotopic (exact) mass is 598 g/mol. The van der Waals surface area contributed by atoms with Gasteiger partial charge < -0.3 is 14.1 Å². The van der Waals surface area contributed by atoms with E-state index in [2.05, 4.69) is 99.4 Å². The van der Waals surface area contributed by atoms with Crippen LogP contribution in [0.25, 0.3) is 33.3 Å². The normalized spacial score (nSPS) is 11.5. The van der Waals surface area contributed by atoms with Gasteiger partial charge in [0.1, 0.15) is 6.29 Å². The largest absolute Gasteiger partial charge is 0.384 e. The van der Waals surface area contributed by atoms with Gasteiger partial charge in [-0.25, -0.2) is 0 Å². The van der Waals surface area contributed by atoms with Gasteiger partial charge in [-0.1, -0.05) is 69.9 Å². The number of nitrogens with zero attached hydrogens (tertiary/aromatic N) is 2. The van der Waals surface area contributed by atoms with Crippen LogP contribution < -0.4 is 11.7 Å². The van der Waals surface area contributed by atoms with Gasteiger partial charge in [0.25, 0.3) is 0 Å². The lowest BCUT2D eigenvalue weighted by Crippen LogP contribution is -2.21. The van der Waals surface area contributed by atoms with Crippen molar-refractivity contribution in [3.63, 3.8) is 0 Å². The van der Waals surface area contributed by atoms with Crippen LogP contribution in [0.15, 0.2) is 54.7 Å². The minimum atomic E-state index is -0.0122. The molecule has 0 aliphatic carbocycles. The first kappa shape index (κ1) is 35.2. The van der Waals surface area contributed by atoms with Crippen molar-refractivity contribution in [3.8, 4) is 22.4 Å². The summed E-state index contributed by atoms with van der Waals surface area (Å²) in [5.74, 6) is 8.00. The molecule has 0 amide bonds. The second-order valence-corrected chi connectivity index (χ2v) is 12.7. The van der Waals surface area contributed by atoms with Crippen molar-refractivity contribution in [1.29, 1.82) is 0 Å². The van der Waals surface area contributed by atoms with Gasteiger partial charge in [0.05, 0.1) is 12.3 Å². The van der Waals surface area contributed by atoms with Crippen molar-refractivity contribution in [3.05, 3.63) is 77.1 Å². The summed E-state index contributed by atoms with van der Waals surface area (Å²) in [6, 6.07) is 18.4. The highest BCUT2D eigenvalue weighted by atomic mass is 16.5. The average molecular weight is 599 g/mol. The highest BCUT2D eigenvalue weighted by Gasteiger charge is 2.27. The van der Waals surface area contributed by atoms with Crippen molar-refractivity contribution in [2.24, 2.45) is 17.1 Å². The number of aldehydes is 1. The Morgan fingerprint density at radius 2 is 1.73 bits per heavy atom. The number of benzene rings is 2. The lowest BCUT2D eigenvalue weighted by Gasteiger charge is -2.25. The fraction of sp³-hybridized carbons (Fsp3) is 0.474. The number of fused-ring (bicyclic) bond motifs is 1. The topological polar surface area (TPSA) is 96.2 Å². The number of ether oxygens (including phenoxy) is 1. The van der Waals surface area contributed by atoms with Crippen LogP contribution in [0.4, 0.5) is 0 Å². The number of nitrogens with two attached hydrogens (primary N) is 2. The maximum atomic E-state index is 10.6. The number of aromatic nitrogens is 2. The molecule has 2 aromatic heterocycles. The predicted octanol–water partition coefficient (Wildman–Crippen LogP) is 8.38. The first-order valence-corrected chi connectivity index (χ1v) is 16.3. The Morgan fingerprint density at radius 3 is 2.43 bits per heavy atom. The Morgan fingerprint density at radius 1 is 0.955 bits per heavy atom. The predicted molar refractivity (Wildman–Crippen MR) is 186 cm³/mol. The molecule has 0 fully saturated rings. The number of rotatable bonds is 16. The van der Waals surface area contributed by atoms with Crippen molar-refractivity contribution in [2.45, 2.75) is 99.0 Å². The van der Waals surface area contributed by atoms with E-state index in [-0.39, 0.29) is 5.41 Å². The fourth-order valence-corrected chi connectivity index (χ4v) is 6.51. The van der Waals surface area contributed by atoms with Gasteiger partial charge in [-0.3, -0.25) is 16.7 Å². The number of hydrogen-bond acceptors (Lipinski definition) is 5. The van der Waals surface area contributed by atoms with Crippen molar-refractivity contribution in [1.82, 2.24) is 9.55 Å². The molecule has 2 aromatic carbocycles. The first-order chi connectivity index (χ1) is 21.3. The van der Waals surface area contributed by atoms with Gasteiger partial charge in [0.2, 0.25) is 0 Å². The Labute approximate surface area is 265 Å². The molecule has 0 bridgehead atoms. The third-order valence-electron chi connectivity index (χ3n) is 8.31. The molecule has 6 heteroatoms. The SMILES string of the molecule is CCCc1ncccc1-c1c(CC(C)(C)COC)c2cc(-c3cc(C)cc(CCCCCCC=O)c3)ccc2n1CC.NN. The summed E-state index contributed by atoms with van der Waals surface area (Å²) >= 11 is 0. The summed E-state index contributed by atoms with van der Waals surface area (Å²) in [4.78, 5) is 15.5. The van der Waals surface area contributed by atoms with Crippen LogP contribution >= 0.6 is 0 Å². The van der Waals surface area contributed by atoms with Gasteiger partial charge in [-0.15, -0.1) is 0 Å². The Bertz CT molecular complexity index is 1490. The Balaban J connectivity index is 0.00000259. The molecule has 4 rings (SSSR count). The zero-order chi connectivity index (χ0) is 32.1. The fourth-order valence-electron chi connectivity index (χ4n) is 6.51. The minimum Gasteiger partial charge on any atom is -0.384 e. The molecule has 0 aliphatic rings. The highest BCUT2D eigenvalue weighted by Crippen LogP contribution is 2.41. The molecule has 238 valence electrons. The summed E-state index contributed by atoms with van der Waals surface area (Å²) in [5.41, 5.74) is 11.7. The van der Waals surface area contributed by atoms with E-state index in [4.69, 9.17) is 9.72 Å². The van der Waals surface area contributed by atoms with Gasteiger partial charge in [0, 0.05) is 48.4 Å². The van der Waals surface area contributed by atoms with E-state index in [9.17, 15) is 4.79 Å². The molecule has 0 aliphatic heterocycles. The number of carbonyl (C=O) groups excluding carboxylic acids is 1. The van der Waals surface area contributed by atoms with E-state index < -0.39 is 0 Å². The number of unbranched alkanes of at least 4 members (excludes halogenated alkanes) is 4. The molecule has 6 nitrogen and oxygen atoms in total. The molecule has 0 unspecified atom stereocenters. The number of methoxy groups -OCH3 is 1. The zero-order valence-electron chi connectivity index (χ0n) is 27.9. The molecule has 2 heterocycles. The van der Waals surface area contributed by atoms with Gasteiger partial charge in [-0.05, 0) is 97.9 Å². The molecule has 0 radical (unpaired) electrons. The number of carbonyl (C=O) groups is 1. The molecule has 0 spiro atoms. The maximum Gasteiger partial charge on any atom is 0.119 e. The number of hydrogen-bond donors (Lipinski definition) is 2. The zero-order valence-corrected chi connectivity index (χ0v) is 27.9. The van der Waals surface area contributed by atoms with E-state index in [1.54, 1.807) is 7.11 Å². The van der Waals surface area contributed by atoms with E-state index in [1.165, 1.54) is 62.1 Å². The summed E-state index contributed by atoms with van der Waals surface area (Å²) in [6.45, 7) is 12.9. The van der Waals surface area contributed by atoms with Crippen molar-refractivity contribution in [2.75, 3.05) is 13.7 Å². The van der Waals surface area contributed by atoms with Crippen LogP contribution in [-0.4, -0.2) is 29.6 Å². The maximum absolute atomic E-state index is 10.6. The lowest BCUT2D eigenvalue weighted by molar-refractivity contribution is -0.107. The average Bonchev–Trinajstić information content (AvgIpc) is 3.31. The van der Waals surface area contributed by atoms with E-state index in [1.807, 2.05) is 6.20 Å². The van der Waals surface area contributed by atoms with Crippen LogP contribution in [0.3, 0.4) is 0 Å². The second-order valence-electron chi connectivity index (χ2n) is 12.7. The quantitative estimate of drug-likeness (QED) is 0.0584. The summed E-state index contributed by atoms with van der Waals surface area (Å²) < 4.78 is 8.18. The summed E-state index contributed by atoms with van der Waals surface area (Å²) in [7, 11) is 1.80. The van der Waals surface area contributed by atoms with Crippen LogP contribution in [0.5, 0.6) is 0 Å². The Hall–Kier alpha value is -3.32. The van der Waals surface area contributed by atoms with E-state index in [0.717, 1.165) is 57.8 Å². The molecular weight excluding hydrogens is 544 g/mol. The molecule has 4 aromatic rings. The van der Waals surface area contributed by atoms with Crippen LogP contribution in [-0.2, 0) is 35.3 Å². The number of aryl methyl sites for hydroxylation is 4.